The maximum absolute atomic E-state index is 12.8. The number of hydrogen-bond donors (Lipinski definition) is 1. The largest absolute Gasteiger partial charge is 0.355 e. The molecule has 0 atom stereocenters. The maximum Gasteiger partial charge on any atom is 0.287 e. The second-order valence-corrected chi connectivity index (χ2v) is 5.62. The summed E-state index contributed by atoms with van der Waals surface area (Å²) in [4.78, 5) is 25.6. The molecule has 1 N–H and O–H groups in total. The topological polar surface area (TPSA) is 85.1 Å². The van der Waals surface area contributed by atoms with E-state index in [1.807, 2.05) is 0 Å². The highest BCUT2D eigenvalue weighted by atomic mass is 32.2. The number of nitrogens with one attached hydrogen (secondary N) is 1. The minimum atomic E-state index is -0.524. The molecule has 8 heteroatoms. The Labute approximate surface area is 136 Å². The summed E-state index contributed by atoms with van der Waals surface area (Å²) in [6.07, 6.45) is 1.78. The highest BCUT2D eigenvalue weighted by Gasteiger charge is 2.07. The van der Waals surface area contributed by atoms with Crippen LogP contribution in [0.5, 0.6) is 0 Å². The molecular formula is C15H14FN3O3S. The summed E-state index contributed by atoms with van der Waals surface area (Å²) in [6.45, 7) is 0.457. The third kappa shape index (κ3) is 5.67. The van der Waals surface area contributed by atoms with Crippen molar-refractivity contribution in [3.63, 3.8) is 0 Å². The van der Waals surface area contributed by atoms with Gasteiger partial charge < -0.3 is 5.32 Å². The van der Waals surface area contributed by atoms with Crippen molar-refractivity contribution in [1.82, 2.24) is 10.3 Å². The maximum atomic E-state index is 12.8. The first-order valence-corrected chi connectivity index (χ1v) is 7.77. The van der Waals surface area contributed by atoms with Gasteiger partial charge in [-0.05, 0) is 30.2 Å². The second-order valence-electron chi connectivity index (χ2n) is 4.63. The molecule has 0 bridgehead atoms. The van der Waals surface area contributed by atoms with Crippen molar-refractivity contribution in [3.8, 4) is 0 Å². The lowest BCUT2D eigenvalue weighted by Crippen LogP contribution is -2.27. The Morgan fingerprint density at radius 1 is 1.26 bits per heavy atom. The van der Waals surface area contributed by atoms with E-state index < -0.39 is 4.92 Å². The molecule has 0 unspecified atom stereocenters. The SMILES string of the molecule is O=C(CSc1ccc([N+](=O)[O-])cn1)NCCc1ccc(F)cc1. The van der Waals surface area contributed by atoms with E-state index in [-0.39, 0.29) is 23.2 Å². The lowest BCUT2D eigenvalue weighted by atomic mass is 10.1. The summed E-state index contributed by atoms with van der Waals surface area (Å²) in [5.41, 5.74) is 0.856. The zero-order valence-corrected chi connectivity index (χ0v) is 12.9. The molecule has 0 aliphatic heterocycles. The van der Waals surface area contributed by atoms with Gasteiger partial charge in [-0.25, -0.2) is 9.37 Å². The van der Waals surface area contributed by atoms with Crippen LogP contribution in [0.2, 0.25) is 0 Å². The van der Waals surface area contributed by atoms with Crippen LogP contribution >= 0.6 is 11.8 Å². The van der Waals surface area contributed by atoms with Crippen molar-refractivity contribution in [3.05, 3.63) is 64.1 Å². The van der Waals surface area contributed by atoms with Gasteiger partial charge in [0.15, 0.2) is 0 Å². The van der Waals surface area contributed by atoms with E-state index in [4.69, 9.17) is 0 Å². The number of hydrogen-bond acceptors (Lipinski definition) is 5. The van der Waals surface area contributed by atoms with Gasteiger partial charge in [0.2, 0.25) is 5.91 Å². The number of thioether (sulfide) groups is 1. The van der Waals surface area contributed by atoms with Gasteiger partial charge in [0.25, 0.3) is 5.69 Å². The third-order valence-electron chi connectivity index (χ3n) is 2.93. The van der Waals surface area contributed by atoms with E-state index in [0.717, 1.165) is 11.8 Å². The summed E-state index contributed by atoms with van der Waals surface area (Å²) < 4.78 is 12.8. The Morgan fingerprint density at radius 3 is 2.61 bits per heavy atom. The van der Waals surface area contributed by atoms with Crippen LogP contribution in [0.1, 0.15) is 5.56 Å². The van der Waals surface area contributed by atoms with Crippen molar-refractivity contribution in [2.45, 2.75) is 11.4 Å². The summed E-state index contributed by atoms with van der Waals surface area (Å²) in [7, 11) is 0. The first-order valence-electron chi connectivity index (χ1n) is 6.79. The normalized spacial score (nSPS) is 10.3. The Bertz CT molecular complexity index is 677. The van der Waals surface area contributed by atoms with E-state index >= 15 is 0 Å². The predicted molar refractivity (Wildman–Crippen MR) is 84.7 cm³/mol. The number of halogens is 1. The van der Waals surface area contributed by atoms with Gasteiger partial charge in [-0.15, -0.1) is 0 Å². The molecule has 1 aromatic heterocycles. The Balaban J connectivity index is 1.70. The zero-order chi connectivity index (χ0) is 16.7. The van der Waals surface area contributed by atoms with Gasteiger partial charge in [0.1, 0.15) is 12.0 Å². The smallest absolute Gasteiger partial charge is 0.287 e. The Kier molecular flexibility index (Phi) is 6.04. The standard InChI is InChI=1S/C15H14FN3O3S/c16-12-3-1-11(2-4-12)7-8-17-14(20)10-23-15-6-5-13(9-18-15)19(21)22/h1-6,9H,7-8,10H2,(H,17,20). The Morgan fingerprint density at radius 2 is 2.00 bits per heavy atom. The predicted octanol–water partition coefficient (Wildman–Crippen LogP) is 2.58. The van der Waals surface area contributed by atoms with Crippen LogP contribution in [0.25, 0.3) is 0 Å². The summed E-state index contributed by atoms with van der Waals surface area (Å²) in [5.74, 6) is -0.268. The summed E-state index contributed by atoms with van der Waals surface area (Å²) in [6, 6.07) is 8.98. The van der Waals surface area contributed by atoms with Crippen molar-refractivity contribution < 1.29 is 14.1 Å². The molecule has 1 heterocycles. The van der Waals surface area contributed by atoms with Gasteiger partial charge in [0.05, 0.1) is 15.7 Å². The molecule has 0 spiro atoms. The van der Waals surface area contributed by atoms with Crippen LogP contribution in [0.15, 0.2) is 47.6 Å². The average molecular weight is 335 g/mol. The number of nitro groups is 1. The highest BCUT2D eigenvalue weighted by Crippen LogP contribution is 2.17. The lowest BCUT2D eigenvalue weighted by molar-refractivity contribution is -0.385. The molecule has 0 radical (unpaired) electrons. The molecule has 23 heavy (non-hydrogen) atoms. The molecule has 2 rings (SSSR count). The Hall–Kier alpha value is -2.48. The zero-order valence-electron chi connectivity index (χ0n) is 12.1. The minimum absolute atomic E-state index is 0.0851. The second kappa shape index (κ2) is 8.23. The number of aromatic nitrogens is 1. The van der Waals surface area contributed by atoms with Gasteiger partial charge in [-0.1, -0.05) is 23.9 Å². The van der Waals surface area contributed by atoms with Crippen LogP contribution in [0.3, 0.4) is 0 Å². The number of rotatable bonds is 7. The van der Waals surface area contributed by atoms with Crippen LogP contribution in [0.4, 0.5) is 10.1 Å². The van der Waals surface area contributed by atoms with Crippen molar-refractivity contribution >= 4 is 23.4 Å². The van der Waals surface area contributed by atoms with Crippen molar-refractivity contribution in [2.75, 3.05) is 12.3 Å². The number of benzene rings is 1. The van der Waals surface area contributed by atoms with Crippen LogP contribution in [-0.4, -0.2) is 28.1 Å². The fourth-order valence-electron chi connectivity index (χ4n) is 1.75. The minimum Gasteiger partial charge on any atom is -0.355 e. The van der Waals surface area contributed by atoms with E-state index in [1.165, 1.54) is 36.0 Å². The molecule has 0 aliphatic carbocycles. The fraction of sp³-hybridized carbons (Fsp3) is 0.200. The number of pyridine rings is 1. The van der Waals surface area contributed by atoms with E-state index in [2.05, 4.69) is 10.3 Å². The molecule has 1 amide bonds. The molecule has 0 aliphatic rings. The first-order chi connectivity index (χ1) is 11.0. The highest BCUT2D eigenvalue weighted by molar-refractivity contribution is 7.99. The monoisotopic (exact) mass is 335 g/mol. The average Bonchev–Trinajstić information content (AvgIpc) is 2.55. The third-order valence-corrected chi connectivity index (χ3v) is 3.88. The summed E-state index contributed by atoms with van der Waals surface area (Å²) in [5, 5.41) is 13.8. The fourth-order valence-corrected chi connectivity index (χ4v) is 2.43. The van der Waals surface area contributed by atoms with Crippen LogP contribution in [0, 0.1) is 15.9 Å². The van der Waals surface area contributed by atoms with E-state index in [9.17, 15) is 19.3 Å². The van der Waals surface area contributed by atoms with Gasteiger partial charge in [-0.3, -0.25) is 14.9 Å². The first kappa shape index (κ1) is 16.9. The number of carbonyl (C=O) groups excluding carboxylic acids is 1. The van der Waals surface area contributed by atoms with E-state index in [0.29, 0.717) is 18.0 Å². The molecule has 120 valence electrons. The number of amides is 1. The van der Waals surface area contributed by atoms with Crippen LogP contribution < -0.4 is 5.32 Å². The van der Waals surface area contributed by atoms with Crippen molar-refractivity contribution in [1.29, 1.82) is 0 Å². The quantitative estimate of drug-likeness (QED) is 0.477. The molecule has 0 saturated heterocycles. The number of carbonyl (C=O) groups is 1. The van der Waals surface area contributed by atoms with Gasteiger partial charge in [-0.2, -0.15) is 0 Å². The van der Waals surface area contributed by atoms with E-state index in [1.54, 1.807) is 12.1 Å². The molecular weight excluding hydrogens is 321 g/mol. The number of nitrogens with zero attached hydrogens (tertiary/aromatic N) is 2. The lowest BCUT2D eigenvalue weighted by Gasteiger charge is -2.05. The van der Waals surface area contributed by atoms with Gasteiger partial charge >= 0.3 is 0 Å². The van der Waals surface area contributed by atoms with Crippen molar-refractivity contribution in [2.24, 2.45) is 0 Å². The van der Waals surface area contributed by atoms with Gasteiger partial charge in [0, 0.05) is 12.6 Å². The van der Waals surface area contributed by atoms with Crippen LogP contribution in [-0.2, 0) is 11.2 Å². The summed E-state index contributed by atoms with van der Waals surface area (Å²) >= 11 is 1.20. The molecule has 1 aromatic carbocycles. The molecule has 6 nitrogen and oxygen atoms in total. The molecule has 0 saturated carbocycles. The molecule has 2 aromatic rings. The molecule has 0 fully saturated rings.